The third-order valence-corrected chi connectivity index (χ3v) is 9.23. The van der Waals surface area contributed by atoms with Gasteiger partial charge in [0.2, 0.25) is 5.91 Å². The van der Waals surface area contributed by atoms with Gasteiger partial charge in [-0.3, -0.25) is 15.0 Å². The molecule has 3 aromatic rings. The number of likely N-dealkylation sites (tertiary alicyclic amines) is 1. The zero-order valence-corrected chi connectivity index (χ0v) is 22.4. The minimum absolute atomic E-state index is 0.266. The van der Waals surface area contributed by atoms with Gasteiger partial charge in [-0.1, -0.05) is 11.6 Å². The number of aryl methyl sites for hydroxylation is 1. The smallest absolute Gasteiger partial charge is 0.249 e. The average Bonchev–Trinajstić information content (AvgIpc) is 3.41. The molecule has 1 fully saturated rings. The Morgan fingerprint density at radius 1 is 1.31 bits per heavy atom. The molecule has 0 saturated carbocycles. The number of piperidine rings is 1. The number of carbonyl (C=O) groups excluding carboxylic acids is 1. The number of ether oxygens (including phenoxy) is 1. The van der Waals surface area contributed by atoms with Crippen LogP contribution in [0.1, 0.15) is 37.7 Å². The highest BCUT2D eigenvalue weighted by molar-refractivity contribution is 7.99. The second-order valence-corrected chi connectivity index (χ2v) is 11.4. The number of nitrogens with one attached hydrogen (secondary N) is 1. The largest absolute Gasteiger partial charge is 0.497 e. The normalized spacial score (nSPS) is 15.9. The summed E-state index contributed by atoms with van der Waals surface area (Å²) >= 11 is 10.2. The Morgan fingerprint density at radius 3 is 2.86 bits per heavy atom. The van der Waals surface area contributed by atoms with Crippen LogP contribution in [0.4, 0.5) is 0 Å². The van der Waals surface area contributed by atoms with Gasteiger partial charge in [0.1, 0.15) is 5.75 Å². The molecular formula is C26H32ClN3O3S2. The second kappa shape index (κ2) is 12.4. The van der Waals surface area contributed by atoms with Crippen molar-refractivity contribution in [2.75, 3.05) is 32.5 Å². The van der Waals surface area contributed by atoms with Gasteiger partial charge >= 0.3 is 0 Å². The summed E-state index contributed by atoms with van der Waals surface area (Å²) < 4.78 is 5.39. The summed E-state index contributed by atoms with van der Waals surface area (Å²) in [5.74, 6) is 1.60. The monoisotopic (exact) mass is 533 g/mol. The molecule has 188 valence electrons. The number of aromatic nitrogens is 1. The van der Waals surface area contributed by atoms with Crippen molar-refractivity contribution in [3.05, 3.63) is 51.8 Å². The number of rotatable bonds is 11. The first kappa shape index (κ1) is 26.2. The maximum absolute atomic E-state index is 12.8. The SMILES string of the molecule is COc1ccc2ncc(Cl)c(CCCC3(C(=O)NO)CCN(CCCSc4ccsc4)CC3)c2c1. The summed E-state index contributed by atoms with van der Waals surface area (Å²) in [7, 11) is 1.64. The van der Waals surface area contributed by atoms with Crippen molar-refractivity contribution >= 4 is 51.5 Å². The van der Waals surface area contributed by atoms with Crippen LogP contribution in [0.5, 0.6) is 5.75 Å². The van der Waals surface area contributed by atoms with E-state index in [9.17, 15) is 10.0 Å². The van der Waals surface area contributed by atoms with E-state index >= 15 is 0 Å². The molecule has 9 heteroatoms. The van der Waals surface area contributed by atoms with Crippen molar-refractivity contribution in [1.82, 2.24) is 15.4 Å². The van der Waals surface area contributed by atoms with Crippen LogP contribution in [0.25, 0.3) is 10.9 Å². The van der Waals surface area contributed by atoms with Crippen LogP contribution in [0, 0.1) is 5.41 Å². The summed E-state index contributed by atoms with van der Waals surface area (Å²) in [4.78, 5) is 21.0. The molecule has 4 rings (SSSR count). The molecule has 1 aromatic carbocycles. The van der Waals surface area contributed by atoms with Crippen LogP contribution in [0.15, 0.2) is 46.1 Å². The number of pyridine rings is 1. The molecule has 0 bridgehead atoms. The maximum Gasteiger partial charge on any atom is 0.249 e. The van der Waals surface area contributed by atoms with E-state index in [0.29, 0.717) is 11.4 Å². The lowest BCUT2D eigenvalue weighted by atomic mass is 9.73. The number of hydroxylamine groups is 1. The van der Waals surface area contributed by atoms with Crippen LogP contribution in [-0.4, -0.2) is 53.5 Å². The van der Waals surface area contributed by atoms with E-state index in [1.807, 2.05) is 35.4 Å². The van der Waals surface area contributed by atoms with Crippen LogP contribution >= 0.6 is 34.7 Å². The summed E-state index contributed by atoms with van der Waals surface area (Å²) in [5.41, 5.74) is 3.30. The van der Waals surface area contributed by atoms with E-state index in [2.05, 4.69) is 26.7 Å². The lowest BCUT2D eigenvalue weighted by molar-refractivity contribution is -0.143. The molecule has 6 nitrogen and oxygen atoms in total. The molecular weight excluding hydrogens is 502 g/mol. The van der Waals surface area contributed by atoms with Crippen LogP contribution in [0.2, 0.25) is 5.02 Å². The minimum atomic E-state index is -0.552. The molecule has 0 radical (unpaired) electrons. The van der Waals surface area contributed by atoms with Gasteiger partial charge in [0.15, 0.2) is 0 Å². The molecule has 0 spiro atoms. The summed E-state index contributed by atoms with van der Waals surface area (Å²) in [6.07, 6.45) is 6.53. The molecule has 0 aliphatic carbocycles. The standard InChI is InChI=1S/C26H32ClN3O3S2/c1-33-19-5-6-24-22(16-19)21(23(27)17-28-24)4-2-8-26(25(31)29-32)9-12-30(13-10-26)11-3-14-35-20-7-15-34-18-20/h5-7,15-18,32H,2-4,8-14H2,1H3,(H,29,31). The van der Waals surface area contributed by atoms with Crippen molar-refractivity contribution in [2.24, 2.45) is 5.41 Å². The van der Waals surface area contributed by atoms with Crippen LogP contribution in [-0.2, 0) is 11.2 Å². The number of thiophene rings is 1. The molecule has 0 atom stereocenters. The fraction of sp³-hybridized carbons (Fsp3) is 0.462. The number of hydrogen-bond donors (Lipinski definition) is 2. The number of methoxy groups -OCH3 is 1. The number of benzene rings is 1. The highest BCUT2D eigenvalue weighted by atomic mass is 35.5. The van der Waals surface area contributed by atoms with E-state index in [1.165, 1.54) is 4.90 Å². The number of thioether (sulfide) groups is 1. The summed E-state index contributed by atoms with van der Waals surface area (Å²) in [6.45, 7) is 2.77. The van der Waals surface area contributed by atoms with Gasteiger partial charge < -0.3 is 9.64 Å². The van der Waals surface area contributed by atoms with E-state index < -0.39 is 5.41 Å². The topological polar surface area (TPSA) is 74.7 Å². The molecule has 0 unspecified atom stereocenters. The first-order valence-electron chi connectivity index (χ1n) is 12.0. The molecule has 1 amide bonds. The molecule has 35 heavy (non-hydrogen) atoms. The number of hydrogen-bond acceptors (Lipinski definition) is 7. The Bertz CT molecular complexity index is 1120. The van der Waals surface area contributed by atoms with Crippen molar-refractivity contribution in [3.8, 4) is 5.75 Å². The Morgan fingerprint density at radius 2 is 2.14 bits per heavy atom. The highest BCUT2D eigenvalue weighted by Crippen LogP contribution is 2.38. The zero-order valence-electron chi connectivity index (χ0n) is 20.0. The predicted molar refractivity (Wildman–Crippen MR) is 144 cm³/mol. The van der Waals surface area contributed by atoms with E-state index in [0.717, 1.165) is 79.7 Å². The number of fused-ring (bicyclic) bond motifs is 1. The van der Waals surface area contributed by atoms with Crippen LogP contribution in [0.3, 0.4) is 0 Å². The predicted octanol–water partition coefficient (Wildman–Crippen LogP) is 6.05. The van der Waals surface area contributed by atoms with Gasteiger partial charge in [-0.05, 0) is 99.1 Å². The molecule has 2 aromatic heterocycles. The minimum Gasteiger partial charge on any atom is -0.497 e. The Labute approximate surface area is 220 Å². The molecule has 2 N–H and O–H groups in total. The lowest BCUT2D eigenvalue weighted by Gasteiger charge is -2.40. The van der Waals surface area contributed by atoms with Gasteiger partial charge in [0.05, 0.1) is 23.1 Å². The summed E-state index contributed by atoms with van der Waals surface area (Å²) in [5, 5.41) is 15.4. The molecule has 1 aliphatic heterocycles. The number of halogens is 1. The van der Waals surface area contributed by atoms with Crippen LogP contribution < -0.4 is 10.2 Å². The number of nitrogens with zero attached hydrogens (tertiary/aromatic N) is 2. The van der Waals surface area contributed by atoms with E-state index in [4.69, 9.17) is 16.3 Å². The van der Waals surface area contributed by atoms with Gasteiger partial charge in [-0.2, -0.15) is 11.3 Å². The fourth-order valence-corrected chi connectivity index (χ4v) is 6.87. The first-order valence-corrected chi connectivity index (χ1v) is 14.3. The Kier molecular flexibility index (Phi) is 9.30. The lowest BCUT2D eigenvalue weighted by Crippen LogP contribution is -2.48. The number of amides is 1. The fourth-order valence-electron chi connectivity index (χ4n) is 4.91. The van der Waals surface area contributed by atoms with Crippen molar-refractivity contribution in [1.29, 1.82) is 0 Å². The van der Waals surface area contributed by atoms with Gasteiger partial charge in [0, 0.05) is 21.9 Å². The molecule has 3 heterocycles. The molecule has 1 saturated heterocycles. The van der Waals surface area contributed by atoms with E-state index in [-0.39, 0.29) is 5.91 Å². The third-order valence-electron chi connectivity index (χ3n) is 7.00. The Hall–Kier alpha value is -1.84. The first-order chi connectivity index (χ1) is 17.0. The van der Waals surface area contributed by atoms with Gasteiger partial charge in [0.25, 0.3) is 0 Å². The van der Waals surface area contributed by atoms with Crippen molar-refractivity contribution in [3.63, 3.8) is 0 Å². The number of carbonyl (C=O) groups is 1. The quantitative estimate of drug-likeness (QED) is 0.135. The highest BCUT2D eigenvalue weighted by Gasteiger charge is 2.40. The maximum atomic E-state index is 12.8. The second-order valence-electron chi connectivity index (χ2n) is 9.05. The van der Waals surface area contributed by atoms with Gasteiger partial charge in [-0.25, -0.2) is 5.48 Å². The Balaban J connectivity index is 1.33. The average molecular weight is 534 g/mol. The van der Waals surface area contributed by atoms with E-state index in [1.54, 1.807) is 24.6 Å². The zero-order chi connectivity index (χ0) is 24.7. The third kappa shape index (κ3) is 6.49. The van der Waals surface area contributed by atoms with Gasteiger partial charge in [-0.15, -0.1) is 11.8 Å². The van der Waals surface area contributed by atoms with Crippen molar-refractivity contribution in [2.45, 2.75) is 43.4 Å². The summed E-state index contributed by atoms with van der Waals surface area (Å²) in [6, 6.07) is 7.96. The van der Waals surface area contributed by atoms with Crippen molar-refractivity contribution < 1.29 is 14.7 Å². The molecule has 1 aliphatic rings.